The molecule has 3 N–H and O–H groups in total. The van der Waals surface area contributed by atoms with Crippen LogP contribution in [0.25, 0.3) is 0 Å². The molecule has 0 heterocycles. The number of hydrogen-bond acceptors (Lipinski definition) is 4. The molecule has 1 saturated carbocycles. The zero-order valence-electron chi connectivity index (χ0n) is 10.3. The first-order chi connectivity index (χ1) is 7.17. The average Bonchev–Trinajstić information content (AvgIpc) is 2.69. The van der Waals surface area contributed by atoms with Crippen molar-refractivity contribution in [2.75, 3.05) is 27.3 Å². The van der Waals surface area contributed by atoms with Crippen LogP contribution in [0.4, 0.5) is 0 Å². The monoisotopic (exact) mass is 215 g/mol. The number of rotatable bonds is 6. The van der Waals surface area contributed by atoms with Gasteiger partial charge in [-0.2, -0.15) is 0 Å². The van der Waals surface area contributed by atoms with Crippen molar-refractivity contribution in [1.29, 1.82) is 0 Å². The third kappa shape index (κ3) is 2.69. The Morgan fingerprint density at radius 3 is 2.40 bits per heavy atom. The van der Waals surface area contributed by atoms with E-state index < -0.39 is 0 Å². The molecule has 1 fully saturated rings. The molecule has 4 heteroatoms. The summed E-state index contributed by atoms with van der Waals surface area (Å²) >= 11 is 0. The maximum absolute atomic E-state index is 5.66. The Morgan fingerprint density at radius 2 is 2.00 bits per heavy atom. The van der Waals surface area contributed by atoms with E-state index in [9.17, 15) is 0 Å². The Bertz CT molecular complexity index is 179. The Hall–Kier alpha value is -0.160. The first-order valence-electron chi connectivity index (χ1n) is 5.88. The van der Waals surface area contributed by atoms with Gasteiger partial charge in [-0.1, -0.05) is 12.8 Å². The lowest BCUT2D eigenvalue weighted by molar-refractivity contribution is 0.0369. The summed E-state index contributed by atoms with van der Waals surface area (Å²) in [6.07, 6.45) is 5.01. The summed E-state index contributed by atoms with van der Waals surface area (Å²) in [6.45, 7) is 3.47. The van der Waals surface area contributed by atoms with Crippen LogP contribution in [-0.4, -0.2) is 43.8 Å². The van der Waals surface area contributed by atoms with E-state index in [0.29, 0.717) is 6.61 Å². The van der Waals surface area contributed by atoms with E-state index in [1.165, 1.54) is 25.7 Å². The van der Waals surface area contributed by atoms with Gasteiger partial charge in [0.05, 0.1) is 12.6 Å². The standard InChI is InChI=1S/C11H25N3O/c1-4-15-9-10(13-12)11(14(2)3)7-5-6-8-11/h10,13H,4-9,12H2,1-3H3. The molecule has 90 valence electrons. The molecule has 0 aromatic carbocycles. The molecule has 0 amide bonds. The van der Waals surface area contributed by atoms with E-state index in [1.54, 1.807) is 0 Å². The van der Waals surface area contributed by atoms with Gasteiger partial charge in [-0.25, -0.2) is 0 Å². The predicted octanol–water partition coefficient (Wildman–Crippen LogP) is 0.729. The molecular weight excluding hydrogens is 190 g/mol. The molecule has 1 unspecified atom stereocenters. The van der Waals surface area contributed by atoms with Gasteiger partial charge in [-0.15, -0.1) is 0 Å². The molecule has 0 radical (unpaired) electrons. The number of nitrogens with one attached hydrogen (secondary N) is 1. The van der Waals surface area contributed by atoms with Crippen molar-refractivity contribution in [3.05, 3.63) is 0 Å². The van der Waals surface area contributed by atoms with Gasteiger partial charge in [-0.05, 0) is 33.9 Å². The van der Waals surface area contributed by atoms with Gasteiger partial charge in [-0.3, -0.25) is 11.3 Å². The van der Waals surface area contributed by atoms with Crippen LogP contribution in [0.3, 0.4) is 0 Å². The zero-order chi connectivity index (χ0) is 11.3. The van der Waals surface area contributed by atoms with Crippen molar-refractivity contribution in [3.8, 4) is 0 Å². The van der Waals surface area contributed by atoms with Crippen molar-refractivity contribution in [1.82, 2.24) is 10.3 Å². The number of hydrogen-bond donors (Lipinski definition) is 2. The van der Waals surface area contributed by atoms with E-state index in [0.717, 1.165) is 6.61 Å². The summed E-state index contributed by atoms with van der Waals surface area (Å²) in [4.78, 5) is 2.31. The summed E-state index contributed by atoms with van der Waals surface area (Å²) in [7, 11) is 4.28. The summed E-state index contributed by atoms with van der Waals surface area (Å²) < 4.78 is 5.50. The molecule has 0 spiro atoms. The fourth-order valence-corrected chi connectivity index (χ4v) is 2.69. The molecule has 1 aliphatic rings. The number of likely N-dealkylation sites (N-methyl/N-ethyl adjacent to an activating group) is 1. The third-order valence-electron chi connectivity index (χ3n) is 3.70. The molecule has 0 aromatic heterocycles. The number of nitrogens with zero attached hydrogens (tertiary/aromatic N) is 1. The summed E-state index contributed by atoms with van der Waals surface area (Å²) in [5, 5.41) is 0. The summed E-state index contributed by atoms with van der Waals surface area (Å²) in [5.41, 5.74) is 3.12. The van der Waals surface area contributed by atoms with Crippen LogP contribution < -0.4 is 11.3 Å². The van der Waals surface area contributed by atoms with Crippen LogP contribution in [0, 0.1) is 0 Å². The third-order valence-corrected chi connectivity index (χ3v) is 3.70. The highest BCUT2D eigenvalue weighted by molar-refractivity contribution is 5.01. The maximum Gasteiger partial charge on any atom is 0.0651 e. The maximum atomic E-state index is 5.66. The molecule has 0 aromatic rings. The lowest BCUT2D eigenvalue weighted by atomic mass is 9.87. The highest BCUT2D eigenvalue weighted by Crippen LogP contribution is 2.36. The van der Waals surface area contributed by atoms with Gasteiger partial charge in [0, 0.05) is 12.1 Å². The minimum absolute atomic E-state index is 0.184. The molecular formula is C11H25N3O. The predicted molar refractivity (Wildman–Crippen MR) is 62.5 cm³/mol. The van der Waals surface area contributed by atoms with Crippen molar-refractivity contribution >= 4 is 0 Å². The number of ether oxygens (including phenoxy) is 1. The van der Waals surface area contributed by atoms with Gasteiger partial charge in [0.15, 0.2) is 0 Å². The van der Waals surface area contributed by atoms with E-state index in [-0.39, 0.29) is 11.6 Å². The van der Waals surface area contributed by atoms with Gasteiger partial charge >= 0.3 is 0 Å². The lowest BCUT2D eigenvalue weighted by Gasteiger charge is -2.42. The molecule has 4 nitrogen and oxygen atoms in total. The van der Waals surface area contributed by atoms with Crippen molar-refractivity contribution in [2.45, 2.75) is 44.2 Å². The molecule has 1 rings (SSSR count). The second kappa shape index (κ2) is 5.80. The van der Waals surface area contributed by atoms with Crippen molar-refractivity contribution < 1.29 is 4.74 Å². The van der Waals surface area contributed by atoms with E-state index in [2.05, 4.69) is 24.4 Å². The molecule has 1 aliphatic carbocycles. The van der Waals surface area contributed by atoms with Gasteiger partial charge in [0.25, 0.3) is 0 Å². The minimum Gasteiger partial charge on any atom is -0.380 e. The normalized spacial score (nSPS) is 22.2. The fourth-order valence-electron chi connectivity index (χ4n) is 2.69. The van der Waals surface area contributed by atoms with E-state index in [4.69, 9.17) is 10.6 Å². The van der Waals surface area contributed by atoms with Crippen LogP contribution >= 0.6 is 0 Å². The van der Waals surface area contributed by atoms with E-state index >= 15 is 0 Å². The second-order valence-electron chi connectivity index (χ2n) is 4.58. The Labute approximate surface area is 93.1 Å². The molecule has 15 heavy (non-hydrogen) atoms. The Morgan fingerprint density at radius 1 is 1.40 bits per heavy atom. The quantitative estimate of drug-likeness (QED) is 0.506. The molecule has 0 aliphatic heterocycles. The van der Waals surface area contributed by atoms with Crippen molar-refractivity contribution in [2.24, 2.45) is 5.84 Å². The van der Waals surface area contributed by atoms with Crippen molar-refractivity contribution in [3.63, 3.8) is 0 Å². The Kier molecular flexibility index (Phi) is 4.99. The molecule has 1 atom stereocenters. The topological polar surface area (TPSA) is 50.5 Å². The van der Waals surface area contributed by atoms with Crippen LogP contribution in [0.1, 0.15) is 32.6 Å². The highest BCUT2D eigenvalue weighted by atomic mass is 16.5. The molecule has 0 saturated heterocycles. The SMILES string of the molecule is CCOCC(NN)C1(N(C)C)CCCC1. The first-order valence-corrected chi connectivity index (χ1v) is 5.88. The fraction of sp³-hybridized carbons (Fsp3) is 1.00. The average molecular weight is 215 g/mol. The summed E-state index contributed by atoms with van der Waals surface area (Å²) in [6, 6.07) is 0.231. The zero-order valence-corrected chi connectivity index (χ0v) is 10.3. The minimum atomic E-state index is 0.184. The summed E-state index contributed by atoms with van der Waals surface area (Å²) in [5.74, 6) is 5.66. The lowest BCUT2D eigenvalue weighted by Crippen LogP contribution is -2.61. The second-order valence-corrected chi connectivity index (χ2v) is 4.58. The smallest absolute Gasteiger partial charge is 0.0651 e. The van der Waals surface area contributed by atoms with Crippen LogP contribution in [-0.2, 0) is 4.74 Å². The number of nitrogens with two attached hydrogens (primary N) is 1. The van der Waals surface area contributed by atoms with Crippen LogP contribution in [0.5, 0.6) is 0 Å². The highest BCUT2D eigenvalue weighted by Gasteiger charge is 2.42. The van der Waals surface area contributed by atoms with Gasteiger partial charge < -0.3 is 9.64 Å². The largest absolute Gasteiger partial charge is 0.380 e. The van der Waals surface area contributed by atoms with Crippen LogP contribution in [0.15, 0.2) is 0 Å². The Balaban J connectivity index is 2.67. The molecule has 0 bridgehead atoms. The van der Waals surface area contributed by atoms with Gasteiger partial charge in [0.2, 0.25) is 0 Å². The van der Waals surface area contributed by atoms with E-state index in [1.807, 2.05) is 6.92 Å². The number of hydrazine groups is 1. The van der Waals surface area contributed by atoms with Crippen LogP contribution in [0.2, 0.25) is 0 Å². The van der Waals surface area contributed by atoms with Gasteiger partial charge in [0.1, 0.15) is 0 Å². The first kappa shape index (κ1) is 12.9.